The summed E-state index contributed by atoms with van der Waals surface area (Å²) in [6.07, 6.45) is 1.62. The first-order valence-corrected chi connectivity index (χ1v) is 10.0. The third kappa shape index (κ3) is 4.83. The van der Waals surface area contributed by atoms with Crippen molar-refractivity contribution in [3.8, 4) is 5.75 Å². The van der Waals surface area contributed by atoms with Crippen LogP contribution >= 0.6 is 0 Å². The van der Waals surface area contributed by atoms with Crippen LogP contribution in [0.25, 0.3) is 0 Å². The highest BCUT2D eigenvalue weighted by atomic mass is 32.2. The molecule has 0 aromatic heterocycles. The summed E-state index contributed by atoms with van der Waals surface area (Å²) in [5, 5.41) is 15.3. The number of phenols is 1. The number of hydrogen-bond acceptors (Lipinski definition) is 5. The molecular weight excluding hydrogens is 350 g/mol. The molecule has 140 valence electrons. The van der Waals surface area contributed by atoms with Gasteiger partial charge in [0.15, 0.2) is 0 Å². The number of anilines is 1. The molecule has 0 aliphatic carbocycles. The molecule has 0 unspecified atom stereocenters. The molecule has 26 heavy (non-hydrogen) atoms. The molecule has 0 amide bonds. The molecule has 0 saturated carbocycles. The van der Waals surface area contributed by atoms with Gasteiger partial charge in [-0.25, -0.2) is 13.6 Å². The molecule has 2 aromatic carbocycles. The lowest BCUT2D eigenvalue weighted by Crippen LogP contribution is -2.21. The number of aromatic hydroxyl groups is 1. The van der Waals surface area contributed by atoms with Crippen molar-refractivity contribution in [3.63, 3.8) is 0 Å². The summed E-state index contributed by atoms with van der Waals surface area (Å²) < 4.78 is 22.6. The largest absolute Gasteiger partial charge is 0.507 e. The van der Waals surface area contributed by atoms with Gasteiger partial charge in [0.2, 0.25) is 10.0 Å². The fourth-order valence-corrected chi connectivity index (χ4v) is 3.16. The number of primary sulfonamides is 1. The van der Waals surface area contributed by atoms with Gasteiger partial charge in [0.25, 0.3) is 0 Å². The Morgan fingerprint density at radius 2 is 1.77 bits per heavy atom. The summed E-state index contributed by atoms with van der Waals surface area (Å²) in [5.74, 6) is 0.176. The molecule has 2 rings (SSSR count). The molecule has 0 aliphatic rings. The topological polar surface area (TPSA) is 96.0 Å². The monoisotopic (exact) mass is 375 g/mol. The Kier molecular flexibility index (Phi) is 6.39. The van der Waals surface area contributed by atoms with E-state index in [0.717, 1.165) is 24.3 Å². The summed E-state index contributed by atoms with van der Waals surface area (Å²) in [5.41, 5.74) is 2.46. The molecule has 3 N–H and O–H groups in total. The van der Waals surface area contributed by atoms with E-state index in [0.29, 0.717) is 5.56 Å². The van der Waals surface area contributed by atoms with Crippen LogP contribution in [0.15, 0.2) is 52.4 Å². The van der Waals surface area contributed by atoms with E-state index in [1.807, 2.05) is 19.1 Å². The average molecular weight is 375 g/mol. The van der Waals surface area contributed by atoms with Crippen LogP contribution < -0.4 is 10.0 Å². The molecule has 0 bridgehead atoms. The van der Waals surface area contributed by atoms with Crippen LogP contribution in [0.1, 0.15) is 37.9 Å². The molecule has 0 saturated heterocycles. The average Bonchev–Trinajstić information content (AvgIpc) is 2.61. The summed E-state index contributed by atoms with van der Waals surface area (Å²) in [6, 6.07) is 11.6. The van der Waals surface area contributed by atoms with Crippen LogP contribution in [0.2, 0.25) is 0 Å². The first-order chi connectivity index (χ1) is 12.3. The summed E-state index contributed by atoms with van der Waals surface area (Å²) in [7, 11) is -3.70. The lowest BCUT2D eigenvalue weighted by atomic mass is 10.1. The minimum absolute atomic E-state index is 0.0714. The van der Waals surface area contributed by atoms with Crippen molar-refractivity contribution < 1.29 is 13.5 Å². The molecule has 7 heteroatoms. The Hall–Kier alpha value is -2.38. The van der Waals surface area contributed by atoms with Crippen LogP contribution in [-0.4, -0.2) is 32.8 Å². The standard InChI is InChI=1S/C19H25N3O3S/c1-4-22(5-2)17-9-6-16(19(23)12-17)13-21-14(3)15-7-10-18(11-8-15)26(20,24)25/h6-14,23H,4-5H2,1-3H3,(H2,20,24,25)/t14-/m1/s1. The second kappa shape index (κ2) is 8.33. The molecule has 0 fully saturated rings. The van der Waals surface area contributed by atoms with Crippen molar-refractivity contribution in [2.24, 2.45) is 10.1 Å². The zero-order valence-electron chi connectivity index (χ0n) is 15.3. The van der Waals surface area contributed by atoms with Gasteiger partial charge < -0.3 is 10.0 Å². The zero-order valence-corrected chi connectivity index (χ0v) is 16.1. The van der Waals surface area contributed by atoms with Gasteiger partial charge in [0, 0.05) is 36.6 Å². The van der Waals surface area contributed by atoms with E-state index in [2.05, 4.69) is 23.7 Å². The van der Waals surface area contributed by atoms with Crippen LogP contribution in [0.3, 0.4) is 0 Å². The van der Waals surface area contributed by atoms with E-state index in [1.165, 1.54) is 12.1 Å². The van der Waals surface area contributed by atoms with Gasteiger partial charge in [-0.1, -0.05) is 12.1 Å². The smallest absolute Gasteiger partial charge is 0.238 e. The molecule has 2 aromatic rings. The molecule has 0 spiro atoms. The van der Waals surface area contributed by atoms with Gasteiger partial charge >= 0.3 is 0 Å². The highest BCUT2D eigenvalue weighted by molar-refractivity contribution is 7.89. The number of phenolic OH excluding ortho intramolecular Hbond substituents is 1. The number of nitrogens with zero attached hydrogens (tertiary/aromatic N) is 2. The SMILES string of the molecule is CCN(CC)c1ccc(C=N[C@H](C)c2ccc(S(N)(=O)=O)cc2)c(O)c1. The van der Waals surface area contributed by atoms with Gasteiger partial charge in [-0.05, 0) is 50.6 Å². The number of hydrogen-bond donors (Lipinski definition) is 2. The number of benzene rings is 2. The molecule has 0 radical (unpaired) electrons. The maximum Gasteiger partial charge on any atom is 0.238 e. The fourth-order valence-electron chi connectivity index (χ4n) is 2.64. The van der Waals surface area contributed by atoms with Crippen molar-refractivity contribution >= 4 is 21.9 Å². The lowest BCUT2D eigenvalue weighted by molar-refractivity contribution is 0.474. The number of sulfonamides is 1. The van der Waals surface area contributed by atoms with E-state index in [9.17, 15) is 13.5 Å². The Bertz CT molecular complexity index is 873. The zero-order chi connectivity index (χ0) is 19.3. The molecule has 1 atom stereocenters. The Balaban J connectivity index is 2.16. The Morgan fingerprint density at radius 3 is 2.27 bits per heavy atom. The first-order valence-electron chi connectivity index (χ1n) is 8.50. The second-order valence-corrected chi connectivity index (χ2v) is 7.55. The van der Waals surface area contributed by atoms with E-state index < -0.39 is 10.0 Å². The molecule has 6 nitrogen and oxygen atoms in total. The van der Waals surface area contributed by atoms with Gasteiger partial charge in [0.05, 0.1) is 10.9 Å². The molecule has 0 aliphatic heterocycles. The maximum atomic E-state index is 11.3. The van der Waals surface area contributed by atoms with Crippen molar-refractivity contribution in [2.75, 3.05) is 18.0 Å². The van der Waals surface area contributed by atoms with Crippen LogP contribution in [0.5, 0.6) is 5.75 Å². The minimum Gasteiger partial charge on any atom is -0.507 e. The summed E-state index contributed by atoms with van der Waals surface area (Å²) >= 11 is 0. The number of nitrogens with two attached hydrogens (primary N) is 1. The van der Waals surface area contributed by atoms with Gasteiger partial charge in [-0.2, -0.15) is 0 Å². The van der Waals surface area contributed by atoms with Gasteiger partial charge in [-0.15, -0.1) is 0 Å². The molecule has 0 heterocycles. The molecular formula is C19H25N3O3S. The van der Waals surface area contributed by atoms with Crippen LogP contribution in [0.4, 0.5) is 5.69 Å². The lowest BCUT2D eigenvalue weighted by Gasteiger charge is -2.21. The van der Waals surface area contributed by atoms with Crippen molar-refractivity contribution in [3.05, 3.63) is 53.6 Å². The van der Waals surface area contributed by atoms with E-state index in [4.69, 9.17) is 5.14 Å². The van der Waals surface area contributed by atoms with E-state index in [-0.39, 0.29) is 16.7 Å². The summed E-state index contributed by atoms with van der Waals surface area (Å²) in [4.78, 5) is 6.67. The van der Waals surface area contributed by atoms with Gasteiger partial charge in [0.1, 0.15) is 5.75 Å². The Labute approximate surface area is 155 Å². The maximum absolute atomic E-state index is 11.3. The highest BCUT2D eigenvalue weighted by Crippen LogP contribution is 2.25. The van der Waals surface area contributed by atoms with Gasteiger partial charge in [-0.3, -0.25) is 4.99 Å². The van der Waals surface area contributed by atoms with E-state index >= 15 is 0 Å². The van der Waals surface area contributed by atoms with E-state index in [1.54, 1.807) is 24.4 Å². The van der Waals surface area contributed by atoms with Crippen LogP contribution in [0, 0.1) is 0 Å². The summed E-state index contributed by atoms with van der Waals surface area (Å²) in [6.45, 7) is 7.77. The van der Waals surface area contributed by atoms with Crippen molar-refractivity contribution in [1.82, 2.24) is 0 Å². The normalized spacial score (nSPS) is 13.1. The predicted molar refractivity (Wildman–Crippen MR) is 105 cm³/mol. The second-order valence-electron chi connectivity index (χ2n) is 5.98. The minimum atomic E-state index is -3.70. The first kappa shape index (κ1) is 19.9. The van der Waals surface area contributed by atoms with Crippen molar-refractivity contribution in [1.29, 1.82) is 0 Å². The highest BCUT2D eigenvalue weighted by Gasteiger charge is 2.10. The number of rotatable bonds is 7. The fraction of sp³-hybridized carbons (Fsp3) is 0.316. The predicted octanol–water partition coefficient (Wildman–Crippen LogP) is 3.07. The third-order valence-corrected chi connectivity index (χ3v) is 5.20. The van der Waals surface area contributed by atoms with Crippen LogP contribution in [-0.2, 0) is 10.0 Å². The number of aliphatic imine (C=N–C) groups is 1. The third-order valence-electron chi connectivity index (χ3n) is 4.27. The van der Waals surface area contributed by atoms with Crippen molar-refractivity contribution in [2.45, 2.75) is 31.7 Å². The quantitative estimate of drug-likeness (QED) is 0.727. The Morgan fingerprint density at radius 1 is 1.15 bits per heavy atom.